The Bertz CT molecular complexity index is 831. The Labute approximate surface area is 124 Å². The number of aromatic nitrogens is 1. The molecule has 1 aliphatic rings. The van der Waals surface area contributed by atoms with E-state index in [0.717, 1.165) is 22.8 Å². The van der Waals surface area contributed by atoms with Gasteiger partial charge in [0.15, 0.2) is 0 Å². The van der Waals surface area contributed by atoms with Crippen LogP contribution in [0, 0.1) is 0 Å². The van der Waals surface area contributed by atoms with Crippen molar-refractivity contribution in [2.75, 3.05) is 0 Å². The normalized spacial score (nSPS) is 14.1. The van der Waals surface area contributed by atoms with Crippen molar-refractivity contribution in [2.45, 2.75) is 18.3 Å². The summed E-state index contributed by atoms with van der Waals surface area (Å²) in [5.41, 5.74) is -2.11. The van der Waals surface area contributed by atoms with E-state index in [9.17, 15) is 21.6 Å². The fraction of sp³-hybridized carbons (Fsp3) is 0.214. The Morgan fingerprint density at radius 1 is 1.00 bits per heavy atom. The third kappa shape index (κ3) is 2.54. The van der Waals surface area contributed by atoms with Crippen LogP contribution in [0.2, 0.25) is 0 Å². The van der Waals surface area contributed by atoms with Gasteiger partial charge < -0.3 is 4.18 Å². The molecule has 0 unspecified atom stereocenters. The molecule has 0 N–H and O–H groups in total. The molecular weight excluding hydrogens is 319 g/mol. The van der Waals surface area contributed by atoms with Gasteiger partial charge in [0, 0.05) is 11.6 Å². The van der Waals surface area contributed by atoms with Crippen molar-refractivity contribution in [1.82, 2.24) is 4.98 Å². The van der Waals surface area contributed by atoms with Crippen LogP contribution in [0.1, 0.15) is 11.3 Å². The summed E-state index contributed by atoms with van der Waals surface area (Å²) in [6, 6.07) is 10.3. The van der Waals surface area contributed by atoms with Crippen LogP contribution in [0.15, 0.2) is 36.4 Å². The van der Waals surface area contributed by atoms with Gasteiger partial charge >= 0.3 is 15.6 Å². The van der Waals surface area contributed by atoms with Crippen LogP contribution >= 0.6 is 0 Å². The minimum Gasteiger partial charge on any atom is -0.355 e. The summed E-state index contributed by atoms with van der Waals surface area (Å²) in [7, 11) is -5.70. The molecule has 3 rings (SSSR count). The van der Waals surface area contributed by atoms with E-state index in [-0.39, 0.29) is 0 Å². The number of hydrogen-bond donors (Lipinski definition) is 0. The van der Waals surface area contributed by atoms with Crippen LogP contribution in [0.4, 0.5) is 13.2 Å². The summed E-state index contributed by atoms with van der Waals surface area (Å²) < 4.78 is 63.0. The van der Waals surface area contributed by atoms with Gasteiger partial charge in [-0.15, -0.1) is 0 Å². The van der Waals surface area contributed by atoms with Crippen molar-refractivity contribution in [2.24, 2.45) is 0 Å². The minimum absolute atomic E-state index is 0.510. The molecule has 0 spiro atoms. The van der Waals surface area contributed by atoms with Crippen molar-refractivity contribution in [3.05, 3.63) is 47.7 Å². The van der Waals surface area contributed by atoms with Gasteiger partial charge in [0.25, 0.3) is 0 Å². The average molecular weight is 329 g/mol. The van der Waals surface area contributed by atoms with E-state index in [2.05, 4.69) is 9.17 Å². The van der Waals surface area contributed by atoms with E-state index >= 15 is 0 Å². The fourth-order valence-electron chi connectivity index (χ4n) is 2.38. The van der Waals surface area contributed by atoms with Crippen molar-refractivity contribution < 1.29 is 25.8 Å². The first-order chi connectivity index (χ1) is 10.3. The maximum atomic E-state index is 12.3. The van der Waals surface area contributed by atoms with E-state index in [1.54, 1.807) is 0 Å². The van der Waals surface area contributed by atoms with Crippen LogP contribution in [-0.2, 0) is 23.0 Å². The molecule has 1 aromatic heterocycles. The highest BCUT2D eigenvalue weighted by atomic mass is 32.2. The topological polar surface area (TPSA) is 56.3 Å². The first kappa shape index (κ1) is 14.8. The first-order valence-corrected chi connectivity index (χ1v) is 7.78. The van der Waals surface area contributed by atoms with E-state index < -0.39 is 21.5 Å². The number of halogens is 3. The summed E-state index contributed by atoms with van der Waals surface area (Å²) >= 11 is 0. The van der Waals surface area contributed by atoms with Crippen LogP contribution in [0.3, 0.4) is 0 Å². The number of alkyl halides is 3. The van der Waals surface area contributed by atoms with Crippen LogP contribution in [0.5, 0.6) is 5.88 Å². The molecule has 4 nitrogen and oxygen atoms in total. The van der Waals surface area contributed by atoms with Crippen molar-refractivity contribution in [3.63, 3.8) is 0 Å². The molecule has 2 aromatic rings. The summed E-state index contributed by atoms with van der Waals surface area (Å²) in [5, 5.41) is 0. The van der Waals surface area contributed by atoms with Crippen molar-refractivity contribution in [1.29, 1.82) is 0 Å². The third-order valence-corrected chi connectivity index (χ3v) is 4.32. The van der Waals surface area contributed by atoms with Crippen molar-refractivity contribution >= 4 is 10.1 Å². The predicted molar refractivity (Wildman–Crippen MR) is 72.7 cm³/mol. The summed E-state index contributed by atoms with van der Waals surface area (Å²) in [4.78, 5) is 3.91. The second-order valence-corrected chi connectivity index (χ2v) is 6.32. The van der Waals surface area contributed by atoms with E-state index in [1.165, 1.54) is 6.07 Å². The molecule has 0 atom stereocenters. The lowest BCUT2D eigenvalue weighted by Gasteiger charge is -2.19. The minimum atomic E-state index is -5.70. The molecule has 116 valence electrons. The average Bonchev–Trinajstić information content (AvgIpc) is 2.45. The van der Waals surface area contributed by atoms with Gasteiger partial charge in [-0.05, 0) is 30.0 Å². The number of fused-ring (bicyclic) bond motifs is 3. The molecule has 22 heavy (non-hydrogen) atoms. The fourth-order valence-corrected chi connectivity index (χ4v) is 2.79. The molecule has 0 amide bonds. The highest BCUT2D eigenvalue weighted by Crippen LogP contribution is 2.34. The predicted octanol–water partition coefficient (Wildman–Crippen LogP) is 3.08. The zero-order chi connectivity index (χ0) is 16.0. The summed E-state index contributed by atoms with van der Waals surface area (Å²) in [6.07, 6.45) is 1.20. The molecule has 0 bridgehead atoms. The number of benzene rings is 1. The Kier molecular flexibility index (Phi) is 3.36. The molecule has 0 radical (unpaired) electrons. The molecule has 0 aliphatic heterocycles. The van der Waals surface area contributed by atoms with Gasteiger partial charge in [0.1, 0.15) is 0 Å². The van der Waals surface area contributed by atoms with Gasteiger partial charge in [-0.3, -0.25) is 0 Å². The molecule has 1 heterocycles. The van der Waals surface area contributed by atoms with Gasteiger partial charge in [-0.25, -0.2) is 4.98 Å². The second kappa shape index (κ2) is 4.98. The zero-order valence-electron chi connectivity index (χ0n) is 11.1. The summed E-state index contributed by atoms with van der Waals surface area (Å²) in [6.45, 7) is 0. The number of rotatable bonds is 2. The molecule has 1 aromatic carbocycles. The smallest absolute Gasteiger partial charge is 0.355 e. The molecule has 0 fully saturated rings. The first-order valence-electron chi connectivity index (χ1n) is 6.37. The number of nitrogens with zero attached hydrogens (tertiary/aromatic N) is 1. The highest BCUT2D eigenvalue weighted by Gasteiger charge is 2.48. The van der Waals surface area contributed by atoms with Crippen molar-refractivity contribution in [3.8, 4) is 17.0 Å². The van der Waals surface area contributed by atoms with E-state index in [0.29, 0.717) is 18.5 Å². The van der Waals surface area contributed by atoms with Gasteiger partial charge in [-0.2, -0.15) is 21.6 Å². The van der Waals surface area contributed by atoms with Gasteiger partial charge in [-0.1, -0.05) is 24.3 Å². The van der Waals surface area contributed by atoms with E-state index in [1.807, 2.05) is 24.3 Å². The SMILES string of the molecule is O=S(=O)(Oc1ccc2c(n1)CCc1ccccc1-2)C(F)(F)F. The largest absolute Gasteiger partial charge is 0.534 e. The lowest BCUT2D eigenvalue weighted by molar-refractivity contribution is -0.0501. The van der Waals surface area contributed by atoms with Crippen LogP contribution in [0.25, 0.3) is 11.1 Å². The van der Waals surface area contributed by atoms with Gasteiger partial charge in [0.2, 0.25) is 5.88 Å². The quantitative estimate of drug-likeness (QED) is 0.628. The highest BCUT2D eigenvalue weighted by molar-refractivity contribution is 7.87. The maximum Gasteiger partial charge on any atom is 0.534 e. The molecule has 0 saturated carbocycles. The van der Waals surface area contributed by atoms with Crippen LogP contribution in [-0.4, -0.2) is 18.9 Å². The summed E-state index contributed by atoms with van der Waals surface area (Å²) in [5.74, 6) is -0.574. The Hall–Kier alpha value is -2.09. The molecule has 0 saturated heterocycles. The lowest BCUT2D eigenvalue weighted by atomic mass is 9.89. The molecule has 8 heteroatoms. The Morgan fingerprint density at radius 2 is 1.73 bits per heavy atom. The Morgan fingerprint density at radius 3 is 2.45 bits per heavy atom. The maximum absolute atomic E-state index is 12.3. The number of aryl methyl sites for hydroxylation is 2. The molecule has 1 aliphatic carbocycles. The van der Waals surface area contributed by atoms with Gasteiger partial charge in [0.05, 0.1) is 5.69 Å². The van der Waals surface area contributed by atoms with E-state index in [4.69, 9.17) is 0 Å². The zero-order valence-corrected chi connectivity index (χ0v) is 11.9. The lowest BCUT2D eigenvalue weighted by Crippen LogP contribution is -2.28. The third-order valence-electron chi connectivity index (χ3n) is 3.37. The second-order valence-electron chi connectivity index (χ2n) is 4.78. The monoisotopic (exact) mass is 329 g/mol. The van der Waals surface area contributed by atoms with Crippen LogP contribution < -0.4 is 4.18 Å². The standard InChI is InChI=1S/C14H10F3NO3S/c15-14(16,17)22(19,20)21-13-8-6-11-10-4-2-1-3-9(10)5-7-12(11)18-13/h1-4,6,8H,5,7H2. The Balaban J connectivity index is 1.97. The molecular formula is C14H10F3NO3S. The number of pyridine rings is 1. The number of hydrogen-bond acceptors (Lipinski definition) is 4.